The van der Waals surface area contributed by atoms with Crippen molar-refractivity contribution in [2.75, 3.05) is 0 Å². The van der Waals surface area contributed by atoms with Crippen molar-refractivity contribution in [2.24, 2.45) is 17.8 Å². The highest BCUT2D eigenvalue weighted by atomic mass is 16.6. The predicted octanol–water partition coefficient (Wildman–Crippen LogP) is 2.45. The van der Waals surface area contributed by atoms with E-state index < -0.39 is 18.2 Å². The molecule has 0 bridgehead atoms. The Morgan fingerprint density at radius 2 is 1.91 bits per heavy atom. The Kier molecular flexibility index (Phi) is 8.89. The van der Waals surface area contributed by atoms with Gasteiger partial charge in [-0.3, -0.25) is 14.4 Å². The number of hydrogen-bond donors (Lipinski definition) is 3. The Balaban J connectivity index is 1.37. The van der Waals surface area contributed by atoms with Crippen molar-refractivity contribution in [2.45, 2.75) is 70.9 Å². The molecular formula is C26H35N3O6. The van der Waals surface area contributed by atoms with Gasteiger partial charge in [-0.15, -0.1) is 6.58 Å². The Morgan fingerprint density at radius 3 is 2.54 bits per heavy atom. The van der Waals surface area contributed by atoms with Crippen LogP contribution in [0.25, 0.3) is 0 Å². The number of nitrogens with one attached hydrogen (secondary N) is 3. The van der Waals surface area contributed by atoms with E-state index in [4.69, 9.17) is 9.47 Å². The van der Waals surface area contributed by atoms with Crippen LogP contribution in [0.3, 0.4) is 0 Å². The topological polar surface area (TPSA) is 123 Å². The Hall–Kier alpha value is -3.36. The monoisotopic (exact) mass is 485 g/mol. The number of benzene rings is 1. The first kappa shape index (κ1) is 26.2. The lowest BCUT2D eigenvalue weighted by Gasteiger charge is -2.37. The molecule has 1 aromatic rings. The van der Waals surface area contributed by atoms with Gasteiger partial charge >= 0.3 is 12.1 Å². The maximum atomic E-state index is 12.5. The van der Waals surface area contributed by atoms with Crippen LogP contribution in [-0.4, -0.2) is 48.1 Å². The van der Waals surface area contributed by atoms with Gasteiger partial charge in [-0.2, -0.15) is 0 Å². The quantitative estimate of drug-likeness (QED) is 0.309. The number of esters is 1. The van der Waals surface area contributed by atoms with Gasteiger partial charge in [0.1, 0.15) is 18.6 Å². The SMILES string of the molecule is C=C[C@H](C[C@@H]1C[C@H]1NC(=O)[C@@H]1OC(=O)[C@H]1[C@@H](C)CC)NC(=O)[C@H](C)NC(=O)OCc1ccccc1. The summed E-state index contributed by atoms with van der Waals surface area (Å²) in [6.07, 6.45) is 2.42. The van der Waals surface area contributed by atoms with Crippen LogP contribution in [0.2, 0.25) is 0 Å². The highest BCUT2D eigenvalue weighted by molar-refractivity contribution is 5.94. The summed E-state index contributed by atoms with van der Waals surface area (Å²) in [7, 11) is 0. The molecule has 7 atom stereocenters. The fraction of sp³-hybridized carbons (Fsp3) is 0.538. The van der Waals surface area contributed by atoms with Crippen molar-refractivity contribution < 1.29 is 28.7 Å². The molecule has 1 aliphatic heterocycles. The molecule has 3 amide bonds. The summed E-state index contributed by atoms with van der Waals surface area (Å²) < 4.78 is 10.2. The van der Waals surface area contributed by atoms with Crippen LogP contribution in [0, 0.1) is 17.8 Å². The standard InChI is InChI=1S/C26H35N3O6/c1-5-15(3)21-22(35-25(21)32)24(31)29-20-13-18(20)12-19(6-2)28-23(30)16(4)27-26(33)34-14-17-10-8-7-9-11-17/h6-11,15-16,18-22H,2,5,12-14H2,1,3-4H3,(H,27,33)(H,28,30)(H,29,31)/t15-,16-,18+,19+,20+,21-,22+/m0/s1. The predicted molar refractivity (Wildman–Crippen MR) is 129 cm³/mol. The van der Waals surface area contributed by atoms with E-state index in [2.05, 4.69) is 22.5 Å². The van der Waals surface area contributed by atoms with Crippen LogP contribution in [0.15, 0.2) is 43.0 Å². The first-order valence-corrected chi connectivity index (χ1v) is 12.1. The normalized spacial score (nSPS) is 25.1. The van der Waals surface area contributed by atoms with E-state index in [0.717, 1.165) is 18.4 Å². The summed E-state index contributed by atoms with van der Waals surface area (Å²) in [4.78, 5) is 48.8. The molecule has 1 heterocycles. The minimum atomic E-state index is -0.791. The fourth-order valence-electron chi connectivity index (χ4n) is 4.13. The lowest BCUT2D eigenvalue weighted by atomic mass is 9.83. The molecule has 190 valence electrons. The highest BCUT2D eigenvalue weighted by Crippen LogP contribution is 2.37. The lowest BCUT2D eigenvalue weighted by Crippen LogP contribution is -2.56. The second-order valence-corrected chi connectivity index (χ2v) is 9.39. The minimum absolute atomic E-state index is 0.0257. The number of hydrogen-bond acceptors (Lipinski definition) is 6. The number of carbonyl (C=O) groups is 4. The van der Waals surface area contributed by atoms with E-state index in [1.807, 2.05) is 44.2 Å². The largest absolute Gasteiger partial charge is 0.451 e. The molecule has 0 spiro atoms. The van der Waals surface area contributed by atoms with E-state index >= 15 is 0 Å². The highest BCUT2D eigenvalue weighted by Gasteiger charge is 2.51. The molecule has 1 aromatic carbocycles. The summed E-state index contributed by atoms with van der Waals surface area (Å²) in [5, 5.41) is 8.34. The summed E-state index contributed by atoms with van der Waals surface area (Å²) in [5.74, 6) is -1.04. The molecule has 2 fully saturated rings. The molecule has 0 unspecified atom stereocenters. The van der Waals surface area contributed by atoms with Gasteiger partial charge in [-0.25, -0.2) is 4.79 Å². The smallest absolute Gasteiger partial charge is 0.408 e. The summed E-state index contributed by atoms with van der Waals surface area (Å²) in [6.45, 7) is 9.41. The van der Waals surface area contributed by atoms with Crippen LogP contribution < -0.4 is 16.0 Å². The molecule has 9 heteroatoms. The average Bonchev–Trinajstić information content (AvgIpc) is 3.57. The summed E-state index contributed by atoms with van der Waals surface area (Å²) in [5.41, 5.74) is 0.850. The van der Waals surface area contributed by atoms with Gasteiger partial charge in [0.2, 0.25) is 5.91 Å². The van der Waals surface area contributed by atoms with Gasteiger partial charge in [0.05, 0.1) is 0 Å². The van der Waals surface area contributed by atoms with Gasteiger partial charge in [0.15, 0.2) is 6.10 Å². The van der Waals surface area contributed by atoms with E-state index in [1.54, 1.807) is 13.0 Å². The maximum Gasteiger partial charge on any atom is 0.408 e. The van der Waals surface area contributed by atoms with Crippen LogP contribution in [0.5, 0.6) is 0 Å². The first-order chi connectivity index (χ1) is 16.7. The van der Waals surface area contributed by atoms with Crippen LogP contribution in [0.1, 0.15) is 45.6 Å². The van der Waals surface area contributed by atoms with Gasteiger partial charge in [0, 0.05) is 12.1 Å². The number of carbonyl (C=O) groups excluding carboxylic acids is 4. The zero-order chi connectivity index (χ0) is 25.5. The number of ether oxygens (including phenoxy) is 2. The number of cyclic esters (lactones) is 1. The molecule has 9 nitrogen and oxygen atoms in total. The van der Waals surface area contributed by atoms with Gasteiger partial charge in [0.25, 0.3) is 5.91 Å². The maximum absolute atomic E-state index is 12.5. The Bertz CT molecular complexity index is 936. The van der Waals surface area contributed by atoms with Crippen molar-refractivity contribution in [1.82, 2.24) is 16.0 Å². The van der Waals surface area contributed by atoms with Crippen molar-refractivity contribution in [3.8, 4) is 0 Å². The average molecular weight is 486 g/mol. The van der Waals surface area contributed by atoms with Crippen LogP contribution >= 0.6 is 0 Å². The minimum Gasteiger partial charge on any atom is -0.451 e. The zero-order valence-corrected chi connectivity index (χ0v) is 20.5. The molecule has 2 aliphatic rings. The van der Waals surface area contributed by atoms with E-state index in [0.29, 0.717) is 6.42 Å². The molecule has 0 radical (unpaired) electrons. The molecule has 3 rings (SSSR count). The molecule has 1 saturated carbocycles. The lowest BCUT2D eigenvalue weighted by molar-refractivity contribution is -0.193. The Morgan fingerprint density at radius 1 is 1.20 bits per heavy atom. The molecule has 0 aromatic heterocycles. The van der Waals surface area contributed by atoms with E-state index in [9.17, 15) is 19.2 Å². The molecule has 1 saturated heterocycles. The van der Waals surface area contributed by atoms with Gasteiger partial charge in [-0.05, 0) is 37.2 Å². The Labute approximate surface area is 206 Å². The van der Waals surface area contributed by atoms with Crippen LogP contribution in [-0.2, 0) is 30.5 Å². The second-order valence-electron chi connectivity index (χ2n) is 9.39. The third kappa shape index (κ3) is 7.07. The number of alkyl carbamates (subject to hydrolysis) is 1. The molecule has 1 aliphatic carbocycles. The number of rotatable bonds is 12. The molecule has 35 heavy (non-hydrogen) atoms. The summed E-state index contributed by atoms with van der Waals surface area (Å²) in [6, 6.07) is 8.13. The summed E-state index contributed by atoms with van der Waals surface area (Å²) >= 11 is 0. The second kappa shape index (κ2) is 11.9. The molecule has 3 N–H and O–H groups in total. The fourth-order valence-corrected chi connectivity index (χ4v) is 4.13. The third-order valence-corrected chi connectivity index (χ3v) is 6.72. The zero-order valence-electron chi connectivity index (χ0n) is 20.5. The van der Waals surface area contributed by atoms with E-state index in [1.165, 1.54) is 0 Å². The molecular weight excluding hydrogens is 450 g/mol. The van der Waals surface area contributed by atoms with Crippen molar-refractivity contribution in [3.05, 3.63) is 48.6 Å². The van der Waals surface area contributed by atoms with E-state index in [-0.39, 0.29) is 54.2 Å². The number of amides is 3. The van der Waals surface area contributed by atoms with Crippen molar-refractivity contribution in [1.29, 1.82) is 0 Å². The van der Waals surface area contributed by atoms with Crippen LogP contribution in [0.4, 0.5) is 4.79 Å². The van der Waals surface area contributed by atoms with Gasteiger partial charge < -0.3 is 25.4 Å². The van der Waals surface area contributed by atoms with Crippen molar-refractivity contribution >= 4 is 23.9 Å². The van der Waals surface area contributed by atoms with Crippen molar-refractivity contribution in [3.63, 3.8) is 0 Å². The first-order valence-electron chi connectivity index (χ1n) is 12.1. The third-order valence-electron chi connectivity index (χ3n) is 6.72. The van der Waals surface area contributed by atoms with Gasteiger partial charge in [-0.1, -0.05) is 56.7 Å².